The van der Waals surface area contributed by atoms with Gasteiger partial charge in [0.1, 0.15) is 13.2 Å². The highest BCUT2D eigenvalue weighted by Crippen LogP contribution is 2.14. The molecule has 0 heterocycles. The normalized spacial score (nSPS) is 12.8. The number of carbonyl (C=O) groups is 3. The number of carbonyl (C=O) groups excluding carboxylic acids is 3. The predicted molar refractivity (Wildman–Crippen MR) is 297 cm³/mol. The van der Waals surface area contributed by atoms with Gasteiger partial charge >= 0.3 is 17.9 Å². The van der Waals surface area contributed by atoms with Crippen molar-refractivity contribution in [2.45, 2.75) is 271 Å². The molecular formula is C63H106O6. The Morgan fingerprint density at radius 3 is 0.942 bits per heavy atom. The molecule has 0 N–H and O–H groups in total. The summed E-state index contributed by atoms with van der Waals surface area (Å²) in [5.74, 6) is -0.917. The van der Waals surface area contributed by atoms with E-state index in [4.69, 9.17) is 14.2 Å². The molecule has 0 radical (unpaired) electrons. The van der Waals surface area contributed by atoms with Crippen molar-refractivity contribution in [2.75, 3.05) is 13.2 Å². The van der Waals surface area contributed by atoms with Gasteiger partial charge in [-0.3, -0.25) is 14.4 Å². The van der Waals surface area contributed by atoms with Gasteiger partial charge in [-0.15, -0.1) is 0 Å². The Balaban J connectivity index is 4.32. The van der Waals surface area contributed by atoms with E-state index in [2.05, 4.69) is 118 Å². The zero-order valence-corrected chi connectivity index (χ0v) is 45.0. The second-order valence-corrected chi connectivity index (χ2v) is 18.8. The van der Waals surface area contributed by atoms with Gasteiger partial charge in [-0.2, -0.15) is 0 Å². The van der Waals surface area contributed by atoms with E-state index in [-0.39, 0.29) is 31.1 Å². The van der Waals surface area contributed by atoms with Crippen molar-refractivity contribution in [1.29, 1.82) is 0 Å². The minimum absolute atomic E-state index is 0.0893. The van der Waals surface area contributed by atoms with Crippen molar-refractivity contribution in [1.82, 2.24) is 0 Å². The van der Waals surface area contributed by atoms with E-state index < -0.39 is 6.10 Å². The molecule has 6 nitrogen and oxygen atoms in total. The summed E-state index contributed by atoms with van der Waals surface area (Å²) in [5, 5.41) is 0. The zero-order valence-electron chi connectivity index (χ0n) is 45.0. The zero-order chi connectivity index (χ0) is 50.0. The highest BCUT2D eigenvalue weighted by Gasteiger charge is 2.19. The minimum Gasteiger partial charge on any atom is -0.462 e. The maximum atomic E-state index is 12.8. The number of esters is 3. The molecule has 0 aromatic heterocycles. The molecule has 6 heteroatoms. The van der Waals surface area contributed by atoms with Crippen LogP contribution in [0.3, 0.4) is 0 Å². The molecule has 0 aromatic rings. The molecule has 0 aromatic carbocycles. The van der Waals surface area contributed by atoms with Gasteiger partial charge in [0.15, 0.2) is 6.10 Å². The summed E-state index contributed by atoms with van der Waals surface area (Å²) in [5.41, 5.74) is 0. The number of unbranched alkanes of at least 4 members (excludes halogenated alkanes) is 24. The Morgan fingerprint density at radius 1 is 0.304 bits per heavy atom. The fourth-order valence-electron chi connectivity index (χ4n) is 7.71. The fourth-order valence-corrected chi connectivity index (χ4v) is 7.71. The van der Waals surface area contributed by atoms with Crippen molar-refractivity contribution in [3.8, 4) is 0 Å². The average molecular weight is 960 g/mol. The summed E-state index contributed by atoms with van der Waals surface area (Å²) in [6.45, 7) is 6.44. The monoisotopic (exact) mass is 959 g/mol. The molecule has 0 saturated carbocycles. The lowest BCUT2D eigenvalue weighted by Gasteiger charge is -2.18. The first-order valence-electron chi connectivity index (χ1n) is 28.7. The third-order valence-electron chi connectivity index (χ3n) is 12.0. The van der Waals surface area contributed by atoms with Crippen LogP contribution in [0.5, 0.6) is 0 Å². The van der Waals surface area contributed by atoms with E-state index >= 15 is 0 Å². The molecule has 1 atom stereocenters. The largest absolute Gasteiger partial charge is 0.462 e. The van der Waals surface area contributed by atoms with Crippen molar-refractivity contribution in [3.63, 3.8) is 0 Å². The predicted octanol–water partition coefficient (Wildman–Crippen LogP) is 19.3. The summed E-state index contributed by atoms with van der Waals surface area (Å²) in [6.07, 6.45) is 75.4. The maximum Gasteiger partial charge on any atom is 0.306 e. The molecule has 0 aliphatic carbocycles. The number of hydrogen-bond acceptors (Lipinski definition) is 6. The van der Waals surface area contributed by atoms with E-state index in [9.17, 15) is 14.4 Å². The van der Waals surface area contributed by atoms with Gasteiger partial charge in [0.25, 0.3) is 0 Å². The molecule has 69 heavy (non-hydrogen) atoms. The van der Waals surface area contributed by atoms with Crippen LogP contribution >= 0.6 is 0 Å². The molecule has 0 fully saturated rings. The molecule has 0 spiro atoms. The molecular weight excluding hydrogens is 853 g/mol. The van der Waals surface area contributed by atoms with Gasteiger partial charge < -0.3 is 14.2 Å². The molecule has 0 bridgehead atoms. The lowest BCUT2D eigenvalue weighted by molar-refractivity contribution is -0.167. The summed E-state index contributed by atoms with van der Waals surface area (Å²) in [6, 6.07) is 0. The molecule has 1 unspecified atom stereocenters. The Bertz CT molecular complexity index is 1380. The number of allylic oxidation sites excluding steroid dienone is 16. The lowest BCUT2D eigenvalue weighted by atomic mass is 10.1. The first kappa shape index (κ1) is 65.3. The van der Waals surface area contributed by atoms with Crippen LogP contribution in [0, 0.1) is 0 Å². The van der Waals surface area contributed by atoms with Gasteiger partial charge in [0.05, 0.1) is 0 Å². The Morgan fingerprint density at radius 2 is 0.580 bits per heavy atom. The van der Waals surface area contributed by atoms with Crippen LogP contribution in [0.25, 0.3) is 0 Å². The van der Waals surface area contributed by atoms with E-state index in [0.717, 1.165) is 128 Å². The van der Waals surface area contributed by atoms with Crippen LogP contribution in [-0.2, 0) is 28.6 Å². The van der Waals surface area contributed by atoms with Gasteiger partial charge in [-0.25, -0.2) is 0 Å². The number of rotatable bonds is 51. The van der Waals surface area contributed by atoms with Crippen molar-refractivity contribution in [3.05, 3.63) is 97.2 Å². The van der Waals surface area contributed by atoms with Crippen molar-refractivity contribution >= 4 is 17.9 Å². The maximum absolute atomic E-state index is 12.8. The van der Waals surface area contributed by atoms with E-state index in [1.807, 2.05) is 0 Å². The minimum atomic E-state index is -0.791. The number of ether oxygens (including phenoxy) is 3. The Kier molecular flexibility index (Phi) is 53.9. The fraction of sp³-hybridized carbons (Fsp3) is 0.698. The topological polar surface area (TPSA) is 78.9 Å². The Labute approximate surface area is 426 Å². The van der Waals surface area contributed by atoms with Crippen LogP contribution in [0.1, 0.15) is 265 Å². The first-order chi connectivity index (χ1) is 34.0. The second kappa shape index (κ2) is 56.9. The van der Waals surface area contributed by atoms with E-state index in [1.165, 1.54) is 96.3 Å². The smallest absolute Gasteiger partial charge is 0.306 e. The third-order valence-corrected chi connectivity index (χ3v) is 12.0. The standard InChI is InChI=1S/C63H106O6/c1-4-7-10-13-16-19-22-24-26-27-28-29-30-31-32-33-34-35-37-38-41-44-47-50-53-56-62(65)68-59-60(58-67-61(64)55-52-49-46-43-40-21-18-15-12-9-6-3)69-63(66)57-54-51-48-45-42-39-36-25-23-20-17-14-11-8-5-2/h7,10,15-20,24-26,28-29,31-32,36,60H,4-6,8-9,11-14,21-23,27,30,33-35,37-59H2,1-3H3/b10-7-,18-15-,19-16-,20-17-,26-24-,29-28-,32-31-,36-25-. The SMILES string of the molecule is CC/C=C\C/C=C\C/C=C\C/C=C\C/C=C\CCCCCCCCCCCC(=O)OCC(COC(=O)CCCCCCC/C=C\CCCC)OC(=O)CCCCCCC/C=C\C/C=C\CCCCC. The van der Waals surface area contributed by atoms with E-state index in [1.54, 1.807) is 0 Å². The number of hydrogen-bond donors (Lipinski definition) is 0. The summed E-state index contributed by atoms with van der Waals surface area (Å²) in [7, 11) is 0. The summed E-state index contributed by atoms with van der Waals surface area (Å²) in [4.78, 5) is 38.1. The van der Waals surface area contributed by atoms with Gasteiger partial charge in [-0.05, 0) is 116 Å². The molecule has 0 amide bonds. The molecule has 0 saturated heterocycles. The van der Waals surface area contributed by atoms with Gasteiger partial charge in [0.2, 0.25) is 0 Å². The van der Waals surface area contributed by atoms with E-state index in [0.29, 0.717) is 19.3 Å². The first-order valence-corrected chi connectivity index (χ1v) is 28.7. The molecule has 0 aliphatic rings. The highest BCUT2D eigenvalue weighted by molar-refractivity contribution is 5.71. The van der Waals surface area contributed by atoms with Crippen LogP contribution in [0.15, 0.2) is 97.2 Å². The third kappa shape index (κ3) is 55.1. The molecule has 0 rings (SSSR count). The highest BCUT2D eigenvalue weighted by atomic mass is 16.6. The Hall–Kier alpha value is -3.67. The quantitative estimate of drug-likeness (QED) is 0.0262. The van der Waals surface area contributed by atoms with Crippen LogP contribution in [-0.4, -0.2) is 37.2 Å². The van der Waals surface area contributed by atoms with Gasteiger partial charge in [0, 0.05) is 19.3 Å². The van der Waals surface area contributed by atoms with Crippen LogP contribution < -0.4 is 0 Å². The lowest BCUT2D eigenvalue weighted by Crippen LogP contribution is -2.30. The van der Waals surface area contributed by atoms with Crippen molar-refractivity contribution in [2.24, 2.45) is 0 Å². The van der Waals surface area contributed by atoms with Crippen LogP contribution in [0.2, 0.25) is 0 Å². The van der Waals surface area contributed by atoms with Gasteiger partial charge in [-0.1, -0.05) is 227 Å². The second-order valence-electron chi connectivity index (χ2n) is 18.8. The average Bonchev–Trinajstić information content (AvgIpc) is 3.35. The summed E-state index contributed by atoms with van der Waals surface area (Å²) >= 11 is 0. The molecule has 0 aliphatic heterocycles. The molecule has 394 valence electrons. The summed E-state index contributed by atoms with van der Waals surface area (Å²) < 4.78 is 16.8. The van der Waals surface area contributed by atoms with Crippen LogP contribution in [0.4, 0.5) is 0 Å². The van der Waals surface area contributed by atoms with Crippen molar-refractivity contribution < 1.29 is 28.6 Å².